The quantitative estimate of drug-likeness (QED) is 0.358. The first kappa shape index (κ1) is 22.8. The van der Waals surface area contributed by atoms with Crippen molar-refractivity contribution in [2.24, 2.45) is 5.92 Å². The van der Waals surface area contributed by atoms with E-state index < -0.39 is 0 Å². The van der Waals surface area contributed by atoms with Crippen LogP contribution >= 0.6 is 11.8 Å². The second-order valence-corrected chi connectivity index (χ2v) is 9.35. The monoisotopic (exact) mass is 454 g/mol. The Balaban J connectivity index is 1.89. The summed E-state index contributed by atoms with van der Waals surface area (Å²) in [4.78, 5) is 12.4. The lowest BCUT2D eigenvalue weighted by Gasteiger charge is -2.33. The summed E-state index contributed by atoms with van der Waals surface area (Å²) in [6, 6.07) is 4.04. The Morgan fingerprint density at radius 1 is 1.19 bits per heavy atom. The van der Waals surface area contributed by atoms with Crippen LogP contribution in [0, 0.1) is 12.8 Å². The molecule has 0 atom stereocenters. The molecule has 0 spiro atoms. The van der Waals surface area contributed by atoms with Crippen LogP contribution in [0.5, 0.6) is 11.5 Å². The summed E-state index contributed by atoms with van der Waals surface area (Å²) < 4.78 is 13.7. The van der Waals surface area contributed by atoms with E-state index in [9.17, 15) is 0 Å². The zero-order valence-corrected chi connectivity index (χ0v) is 20.7. The van der Waals surface area contributed by atoms with Crippen LogP contribution in [0.4, 0.5) is 5.82 Å². The van der Waals surface area contributed by atoms with E-state index in [0.717, 1.165) is 58.0 Å². The first-order valence-electron chi connectivity index (χ1n) is 11.5. The molecule has 0 saturated heterocycles. The Labute approximate surface area is 195 Å². The topological polar surface area (TPSA) is 51.9 Å². The highest BCUT2D eigenvalue weighted by Crippen LogP contribution is 2.42. The lowest BCUT2D eigenvalue weighted by Crippen LogP contribution is -2.34. The van der Waals surface area contributed by atoms with Gasteiger partial charge in [0.05, 0.1) is 19.8 Å². The standard InChI is InChI=1S/C25H34N4O2S/c1-6-7-12-28(16-18-9-8-10-18)25-24(32-5)27-23-22(26-11-13-29(23)25)21-19(30-3)14-17(2)15-20(21)31-4/h11,13-15,18H,6-10,12,16H2,1-5H3. The maximum atomic E-state index is 5.74. The van der Waals surface area contributed by atoms with Crippen LogP contribution in [-0.2, 0) is 0 Å². The number of anilines is 1. The van der Waals surface area contributed by atoms with Gasteiger partial charge in [0.1, 0.15) is 28.0 Å². The van der Waals surface area contributed by atoms with Gasteiger partial charge in [0.15, 0.2) is 5.65 Å². The number of nitrogens with zero attached hydrogens (tertiary/aromatic N) is 4. The highest BCUT2D eigenvalue weighted by atomic mass is 32.2. The van der Waals surface area contributed by atoms with E-state index in [4.69, 9.17) is 19.4 Å². The Morgan fingerprint density at radius 2 is 1.91 bits per heavy atom. The van der Waals surface area contributed by atoms with Gasteiger partial charge in [-0.3, -0.25) is 9.38 Å². The lowest BCUT2D eigenvalue weighted by molar-refractivity contribution is 0.316. The van der Waals surface area contributed by atoms with Crippen molar-refractivity contribution in [2.45, 2.75) is 51.0 Å². The molecule has 0 bridgehead atoms. The van der Waals surface area contributed by atoms with Gasteiger partial charge in [-0.25, -0.2) is 4.98 Å². The average molecular weight is 455 g/mol. The minimum Gasteiger partial charge on any atom is -0.496 e. The average Bonchev–Trinajstić information content (AvgIpc) is 3.16. The molecular weight excluding hydrogens is 420 g/mol. The van der Waals surface area contributed by atoms with E-state index in [0.29, 0.717) is 0 Å². The SMILES string of the molecule is CCCCN(CC1CCC1)c1c(SC)nc2c(-c3c(OC)cc(C)cc3OC)nccn12. The van der Waals surface area contributed by atoms with Gasteiger partial charge < -0.3 is 14.4 Å². The fourth-order valence-corrected chi connectivity index (χ4v) is 5.03. The molecule has 0 aliphatic heterocycles. The van der Waals surface area contributed by atoms with Crippen LogP contribution in [0.2, 0.25) is 0 Å². The number of methoxy groups -OCH3 is 2. The Bertz CT molecular complexity index is 1050. The van der Waals surface area contributed by atoms with Gasteiger partial charge in [-0.05, 0) is 56.1 Å². The van der Waals surface area contributed by atoms with Crippen molar-refractivity contribution < 1.29 is 9.47 Å². The normalized spacial score (nSPS) is 13.9. The molecule has 3 aromatic rings. The van der Waals surface area contributed by atoms with Crippen molar-refractivity contribution in [3.05, 3.63) is 30.1 Å². The zero-order chi connectivity index (χ0) is 22.7. The molecule has 0 N–H and O–H groups in total. The predicted octanol–water partition coefficient (Wildman–Crippen LogP) is 5.85. The van der Waals surface area contributed by atoms with Crippen molar-refractivity contribution >= 4 is 23.2 Å². The van der Waals surface area contributed by atoms with Gasteiger partial charge in [0, 0.05) is 25.5 Å². The van der Waals surface area contributed by atoms with E-state index in [1.54, 1.807) is 26.0 Å². The summed E-state index contributed by atoms with van der Waals surface area (Å²) in [6.07, 6.45) is 12.4. The molecule has 1 aromatic carbocycles. The molecular formula is C25H34N4O2S. The van der Waals surface area contributed by atoms with Gasteiger partial charge in [-0.1, -0.05) is 19.8 Å². The minimum absolute atomic E-state index is 0.745. The maximum absolute atomic E-state index is 5.74. The van der Waals surface area contributed by atoms with E-state index in [-0.39, 0.29) is 0 Å². The number of benzene rings is 1. The van der Waals surface area contributed by atoms with E-state index in [2.05, 4.69) is 22.5 Å². The van der Waals surface area contributed by atoms with Crippen molar-refractivity contribution in [2.75, 3.05) is 38.5 Å². The molecule has 0 unspecified atom stereocenters. The highest BCUT2D eigenvalue weighted by Gasteiger charge is 2.27. The first-order chi connectivity index (χ1) is 15.6. The minimum atomic E-state index is 0.745. The maximum Gasteiger partial charge on any atom is 0.166 e. The predicted molar refractivity (Wildman–Crippen MR) is 133 cm³/mol. The number of hydrogen-bond acceptors (Lipinski definition) is 6. The number of rotatable bonds is 10. The number of aryl methyl sites for hydroxylation is 1. The molecule has 32 heavy (non-hydrogen) atoms. The zero-order valence-electron chi connectivity index (χ0n) is 19.9. The number of ether oxygens (including phenoxy) is 2. The van der Waals surface area contributed by atoms with Gasteiger partial charge in [0.2, 0.25) is 0 Å². The van der Waals surface area contributed by atoms with Crippen molar-refractivity contribution in [1.29, 1.82) is 0 Å². The van der Waals surface area contributed by atoms with Crippen LogP contribution < -0.4 is 14.4 Å². The molecule has 0 amide bonds. The fourth-order valence-electron chi connectivity index (χ4n) is 4.44. The summed E-state index contributed by atoms with van der Waals surface area (Å²) in [7, 11) is 3.38. The number of aromatic nitrogens is 3. The van der Waals surface area contributed by atoms with Crippen molar-refractivity contribution in [3.8, 4) is 22.8 Å². The van der Waals surface area contributed by atoms with E-state index in [1.807, 2.05) is 31.5 Å². The van der Waals surface area contributed by atoms with E-state index >= 15 is 0 Å². The molecule has 1 aliphatic rings. The summed E-state index contributed by atoms with van der Waals surface area (Å²) in [5.41, 5.74) is 3.54. The molecule has 0 radical (unpaired) electrons. The third kappa shape index (κ3) is 4.27. The second kappa shape index (κ2) is 10.0. The molecule has 1 aliphatic carbocycles. The summed E-state index contributed by atoms with van der Waals surface area (Å²) >= 11 is 1.70. The molecule has 1 fully saturated rings. The van der Waals surface area contributed by atoms with Crippen LogP contribution in [0.3, 0.4) is 0 Å². The molecule has 2 heterocycles. The summed E-state index contributed by atoms with van der Waals surface area (Å²) in [6.45, 7) is 6.43. The number of unbranched alkanes of at least 4 members (excludes halogenated alkanes) is 1. The number of hydrogen-bond donors (Lipinski definition) is 0. The largest absolute Gasteiger partial charge is 0.496 e. The first-order valence-corrected chi connectivity index (χ1v) is 12.7. The molecule has 172 valence electrons. The third-order valence-electron chi connectivity index (χ3n) is 6.35. The van der Waals surface area contributed by atoms with Crippen molar-refractivity contribution in [1.82, 2.24) is 14.4 Å². The van der Waals surface area contributed by atoms with Crippen LogP contribution in [0.25, 0.3) is 16.9 Å². The fraction of sp³-hybridized carbons (Fsp3) is 0.520. The Hall–Kier alpha value is -2.41. The van der Waals surface area contributed by atoms with Gasteiger partial charge in [-0.2, -0.15) is 0 Å². The third-order valence-corrected chi connectivity index (χ3v) is 7.01. The van der Waals surface area contributed by atoms with Crippen molar-refractivity contribution in [3.63, 3.8) is 0 Å². The van der Waals surface area contributed by atoms with Gasteiger partial charge >= 0.3 is 0 Å². The Kier molecular flexibility index (Phi) is 7.13. The molecule has 2 aromatic heterocycles. The molecule has 4 rings (SSSR count). The molecule has 1 saturated carbocycles. The van der Waals surface area contributed by atoms with Gasteiger partial charge in [0.25, 0.3) is 0 Å². The molecule has 7 heteroatoms. The van der Waals surface area contributed by atoms with Crippen LogP contribution in [-0.4, -0.2) is 47.9 Å². The van der Waals surface area contributed by atoms with Gasteiger partial charge in [-0.15, -0.1) is 11.8 Å². The second-order valence-electron chi connectivity index (χ2n) is 8.56. The number of imidazole rings is 1. The summed E-state index contributed by atoms with van der Waals surface area (Å²) in [5, 5.41) is 1.04. The van der Waals surface area contributed by atoms with Crippen LogP contribution in [0.1, 0.15) is 44.6 Å². The lowest BCUT2D eigenvalue weighted by atomic mass is 9.85. The summed E-state index contributed by atoms with van der Waals surface area (Å²) in [5.74, 6) is 3.46. The number of thioether (sulfide) groups is 1. The molecule has 6 nitrogen and oxygen atoms in total. The smallest absolute Gasteiger partial charge is 0.166 e. The van der Waals surface area contributed by atoms with E-state index in [1.165, 1.54) is 37.9 Å². The van der Waals surface area contributed by atoms with Crippen LogP contribution in [0.15, 0.2) is 29.6 Å². The highest BCUT2D eigenvalue weighted by molar-refractivity contribution is 7.98. The Morgan fingerprint density at radius 3 is 2.47 bits per heavy atom. The number of fused-ring (bicyclic) bond motifs is 1.